The molecule has 2 aromatic rings. The molecule has 1 saturated carbocycles. The Kier molecular flexibility index (Phi) is 4.27. The van der Waals surface area contributed by atoms with Crippen LogP contribution in [-0.4, -0.2) is 22.0 Å². The lowest BCUT2D eigenvalue weighted by molar-refractivity contribution is -0.126. The highest BCUT2D eigenvalue weighted by atomic mass is 16.2. The Hall–Kier alpha value is -2.10. The Balaban J connectivity index is 1.71. The van der Waals surface area contributed by atoms with Gasteiger partial charge >= 0.3 is 0 Å². The molecule has 1 N–H and O–H groups in total. The number of amides is 1. The van der Waals surface area contributed by atoms with Gasteiger partial charge in [-0.2, -0.15) is 0 Å². The summed E-state index contributed by atoms with van der Waals surface area (Å²) in [6, 6.07) is 8.42. The maximum absolute atomic E-state index is 12.9. The number of aryl methyl sites for hydroxylation is 1. The maximum Gasteiger partial charge on any atom is 0.230 e. The lowest BCUT2D eigenvalue weighted by Gasteiger charge is -2.28. The fourth-order valence-electron chi connectivity index (χ4n) is 3.45. The lowest BCUT2D eigenvalue weighted by Crippen LogP contribution is -2.43. The third-order valence-electron chi connectivity index (χ3n) is 4.68. The second kappa shape index (κ2) is 6.34. The summed E-state index contributed by atoms with van der Waals surface area (Å²) < 4.78 is 1.98. The third kappa shape index (κ3) is 2.91. The highest BCUT2D eigenvalue weighted by Crippen LogP contribution is 2.41. The van der Waals surface area contributed by atoms with E-state index in [1.165, 1.54) is 11.1 Å². The zero-order chi connectivity index (χ0) is 15.4. The molecule has 0 saturated heterocycles. The fourth-order valence-corrected chi connectivity index (χ4v) is 3.45. The van der Waals surface area contributed by atoms with Crippen molar-refractivity contribution in [1.82, 2.24) is 14.9 Å². The maximum atomic E-state index is 12.9. The Morgan fingerprint density at radius 2 is 2.18 bits per heavy atom. The van der Waals surface area contributed by atoms with Gasteiger partial charge in [0.2, 0.25) is 5.91 Å². The van der Waals surface area contributed by atoms with E-state index in [1.807, 2.05) is 10.8 Å². The SMILES string of the molecule is Cc1cccc(C2(C(=O)NCCn3ccnc3)CCCC2)c1. The summed E-state index contributed by atoms with van der Waals surface area (Å²) in [7, 11) is 0. The number of rotatable bonds is 5. The molecule has 116 valence electrons. The smallest absolute Gasteiger partial charge is 0.230 e. The molecule has 1 aliphatic carbocycles. The van der Waals surface area contributed by atoms with Crippen molar-refractivity contribution >= 4 is 5.91 Å². The molecule has 0 aliphatic heterocycles. The molecule has 0 unspecified atom stereocenters. The number of benzene rings is 1. The zero-order valence-corrected chi connectivity index (χ0v) is 13.1. The first-order valence-electron chi connectivity index (χ1n) is 8.02. The summed E-state index contributed by atoms with van der Waals surface area (Å²) in [6.45, 7) is 3.49. The van der Waals surface area contributed by atoms with Crippen LogP contribution in [0.15, 0.2) is 43.0 Å². The van der Waals surface area contributed by atoms with Crippen molar-refractivity contribution in [1.29, 1.82) is 0 Å². The number of carbonyl (C=O) groups is 1. The largest absolute Gasteiger partial charge is 0.354 e. The average molecular weight is 297 g/mol. The van der Waals surface area contributed by atoms with Crippen molar-refractivity contribution in [2.45, 2.75) is 44.6 Å². The second-order valence-electron chi connectivity index (χ2n) is 6.22. The summed E-state index contributed by atoms with van der Waals surface area (Å²) in [5, 5.41) is 3.13. The van der Waals surface area contributed by atoms with E-state index < -0.39 is 0 Å². The van der Waals surface area contributed by atoms with Gasteiger partial charge in [-0.25, -0.2) is 4.98 Å². The molecular formula is C18H23N3O. The summed E-state index contributed by atoms with van der Waals surface area (Å²) in [4.78, 5) is 16.9. The highest BCUT2D eigenvalue weighted by molar-refractivity contribution is 5.88. The highest BCUT2D eigenvalue weighted by Gasteiger charge is 2.42. The molecule has 1 aromatic heterocycles. The van der Waals surface area contributed by atoms with Crippen molar-refractivity contribution in [2.24, 2.45) is 0 Å². The molecule has 22 heavy (non-hydrogen) atoms. The Morgan fingerprint density at radius 3 is 2.86 bits per heavy atom. The van der Waals surface area contributed by atoms with Crippen molar-refractivity contribution in [3.8, 4) is 0 Å². The molecule has 4 nitrogen and oxygen atoms in total. The number of hydrogen-bond acceptors (Lipinski definition) is 2. The van der Waals surface area contributed by atoms with Crippen LogP contribution in [0.25, 0.3) is 0 Å². The van der Waals surface area contributed by atoms with E-state index in [1.54, 1.807) is 12.5 Å². The summed E-state index contributed by atoms with van der Waals surface area (Å²) >= 11 is 0. The van der Waals surface area contributed by atoms with Crippen LogP contribution in [0.4, 0.5) is 0 Å². The first kappa shape index (κ1) is 14.8. The van der Waals surface area contributed by atoms with Gasteiger partial charge in [-0.3, -0.25) is 4.79 Å². The predicted octanol–water partition coefficient (Wildman–Crippen LogP) is 2.82. The molecule has 0 spiro atoms. The van der Waals surface area contributed by atoms with Gasteiger partial charge < -0.3 is 9.88 Å². The second-order valence-corrected chi connectivity index (χ2v) is 6.22. The van der Waals surface area contributed by atoms with Gasteiger partial charge in [-0.15, -0.1) is 0 Å². The molecule has 0 atom stereocenters. The first-order valence-corrected chi connectivity index (χ1v) is 8.02. The minimum Gasteiger partial charge on any atom is -0.354 e. The van der Waals surface area contributed by atoms with Crippen LogP contribution >= 0.6 is 0 Å². The van der Waals surface area contributed by atoms with Crippen molar-refractivity contribution < 1.29 is 4.79 Å². The number of aromatic nitrogens is 2. The number of nitrogens with one attached hydrogen (secondary N) is 1. The van der Waals surface area contributed by atoms with E-state index in [0.29, 0.717) is 6.54 Å². The zero-order valence-electron chi connectivity index (χ0n) is 13.1. The molecule has 1 aromatic carbocycles. The lowest BCUT2D eigenvalue weighted by atomic mass is 9.77. The van der Waals surface area contributed by atoms with Crippen molar-refractivity contribution in [3.63, 3.8) is 0 Å². The van der Waals surface area contributed by atoms with Crippen LogP contribution in [0.2, 0.25) is 0 Å². The monoisotopic (exact) mass is 297 g/mol. The predicted molar refractivity (Wildman–Crippen MR) is 86.6 cm³/mol. The van der Waals surface area contributed by atoms with E-state index in [9.17, 15) is 4.79 Å². The minimum atomic E-state index is -0.332. The number of hydrogen-bond donors (Lipinski definition) is 1. The number of imidazole rings is 1. The Labute approximate surface area is 131 Å². The summed E-state index contributed by atoms with van der Waals surface area (Å²) in [6.07, 6.45) is 9.61. The minimum absolute atomic E-state index is 0.177. The quantitative estimate of drug-likeness (QED) is 0.922. The van der Waals surface area contributed by atoms with Gasteiger partial charge in [0, 0.05) is 25.5 Å². The molecule has 3 rings (SSSR count). The fraction of sp³-hybridized carbons (Fsp3) is 0.444. The summed E-state index contributed by atoms with van der Waals surface area (Å²) in [5.74, 6) is 0.177. The van der Waals surface area contributed by atoms with Crippen LogP contribution < -0.4 is 5.32 Å². The summed E-state index contributed by atoms with van der Waals surface area (Å²) in [5.41, 5.74) is 2.06. The molecule has 0 bridgehead atoms. The topological polar surface area (TPSA) is 46.9 Å². The molecule has 1 heterocycles. The normalized spacial score (nSPS) is 16.6. The third-order valence-corrected chi connectivity index (χ3v) is 4.68. The van der Waals surface area contributed by atoms with Crippen LogP contribution in [0.3, 0.4) is 0 Å². The van der Waals surface area contributed by atoms with Crippen LogP contribution in [-0.2, 0) is 16.8 Å². The van der Waals surface area contributed by atoms with Gasteiger partial charge in [-0.05, 0) is 25.3 Å². The van der Waals surface area contributed by atoms with E-state index >= 15 is 0 Å². The van der Waals surface area contributed by atoms with Crippen molar-refractivity contribution in [2.75, 3.05) is 6.54 Å². The molecular weight excluding hydrogens is 274 g/mol. The van der Waals surface area contributed by atoms with Gasteiger partial charge in [0.05, 0.1) is 11.7 Å². The first-order chi connectivity index (χ1) is 10.7. The Bertz CT molecular complexity index is 628. The van der Waals surface area contributed by atoms with Gasteiger partial charge in [-0.1, -0.05) is 42.7 Å². The molecule has 1 amide bonds. The van der Waals surface area contributed by atoms with Crippen LogP contribution in [0.5, 0.6) is 0 Å². The molecule has 1 fully saturated rings. The van der Waals surface area contributed by atoms with E-state index in [4.69, 9.17) is 0 Å². The van der Waals surface area contributed by atoms with Crippen LogP contribution in [0, 0.1) is 6.92 Å². The van der Waals surface area contributed by atoms with Crippen LogP contribution in [0.1, 0.15) is 36.8 Å². The standard InChI is InChI=1S/C18H23N3O/c1-15-5-4-6-16(13-15)18(7-2-3-8-18)17(22)20-10-12-21-11-9-19-14-21/h4-6,9,11,13-14H,2-3,7-8,10,12H2,1H3,(H,20,22). The van der Waals surface area contributed by atoms with Crippen molar-refractivity contribution in [3.05, 3.63) is 54.1 Å². The molecule has 4 heteroatoms. The van der Waals surface area contributed by atoms with E-state index in [2.05, 4.69) is 41.5 Å². The van der Waals surface area contributed by atoms with Gasteiger partial charge in [0.15, 0.2) is 0 Å². The van der Waals surface area contributed by atoms with Gasteiger partial charge in [0.25, 0.3) is 0 Å². The average Bonchev–Trinajstić information content (AvgIpc) is 3.19. The Morgan fingerprint density at radius 1 is 1.36 bits per heavy atom. The van der Waals surface area contributed by atoms with Gasteiger partial charge in [0.1, 0.15) is 0 Å². The van der Waals surface area contributed by atoms with E-state index in [-0.39, 0.29) is 11.3 Å². The number of nitrogens with zero attached hydrogens (tertiary/aromatic N) is 2. The van der Waals surface area contributed by atoms with E-state index in [0.717, 1.165) is 32.2 Å². The molecule has 1 aliphatic rings. The molecule has 0 radical (unpaired) electrons. The number of carbonyl (C=O) groups excluding carboxylic acids is 1.